The fourth-order valence-corrected chi connectivity index (χ4v) is 5.10. The van der Waals surface area contributed by atoms with Crippen LogP contribution >= 0.6 is 23.2 Å². The monoisotopic (exact) mass is 506 g/mol. The van der Waals surface area contributed by atoms with Gasteiger partial charge in [-0.2, -0.15) is 0 Å². The van der Waals surface area contributed by atoms with Crippen LogP contribution < -0.4 is 14.4 Å². The van der Waals surface area contributed by atoms with E-state index >= 15 is 0 Å². The summed E-state index contributed by atoms with van der Waals surface area (Å²) in [5, 5.41) is 3.05. The molecule has 3 aromatic carbocycles. The van der Waals surface area contributed by atoms with Crippen LogP contribution in [0, 0.1) is 0 Å². The largest absolute Gasteiger partial charge is 0.497 e. The van der Waals surface area contributed by atoms with Crippen molar-refractivity contribution in [1.82, 2.24) is 5.32 Å². The summed E-state index contributed by atoms with van der Waals surface area (Å²) in [6, 6.07) is 20.2. The van der Waals surface area contributed by atoms with Gasteiger partial charge in [-0.25, -0.2) is 8.42 Å². The van der Waals surface area contributed by atoms with Gasteiger partial charge in [-0.15, -0.1) is 0 Å². The summed E-state index contributed by atoms with van der Waals surface area (Å²) in [7, 11) is -2.44. The lowest BCUT2D eigenvalue weighted by molar-refractivity contribution is -0.119. The lowest BCUT2D eigenvalue weighted by atomic mass is 10.1. The molecule has 0 spiro atoms. The summed E-state index contributed by atoms with van der Waals surface area (Å²) < 4.78 is 32.8. The Hall–Kier alpha value is -2.74. The molecule has 33 heavy (non-hydrogen) atoms. The van der Waals surface area contributed by atoms with Crippen LogP contribution in [-0.2, 0) is 21.2 Å². The lowest BCUT2D eigenvalue weighted by Crippen LogP contribution is -2.41. The number of carbonyl (C=O) groups is 1. The molecule has 0 unspecified atom stereocenters. The van der Waals surface area contributed by atoms with Crippen molar-refractivity contribution >= 4 is 44.8 Å². The van der Waals surface area contributed by atoms with Crippen molar-refractivity contribution in [3.63, 3.8) is 0 Å². The second kappa shape index (κ2) is 11.4. The van der Waals surface area contributed by atoms with Gasteiger partial charge in [0, 0.05) is 6.54 Å². The number of hydrogen-bond donors (Lipinski definition) is 1. The Balaban J connectivity index is 1.70. The molecule has 0 aliphatic heterocycles. The number of methoxy groups -OCH3 is 1. The minimum Gasteiger partial charge on any atom is -0.497 e. The first-order chi connectivity index (χ1) is 15.8. The summed E-state index contributed by atoms with van der Waals surface area (Å²) in [6.45, 7) is -0.0345. The number of benzene rings is 3. The Morgan fingerprint density at radius 1 is 0.970 bits per heavy atom. The molecule has 3 aromatic rings. The van der Waals surface area contributed by atoms with E-state index in [1.165, 1.54) is 18.2 Å². The number of anilines is 1. The van der Waals surface area contributed by atoms with Crippen molar-refractivity contribution in [3.8, 4) is 5.75 Å². The highest BCUT2D eigenvalue weighted by atomic mass is 35.5. The number of rotatable bonds is 10. The first-order valence-corrected chi connectivity index (χ1v) is 12.4. The maximum absolute atomic E-state index is 13.3. The van der Waals surface area contributed by atoms with Crippen LogP contribution in [0.3, 0.4) is 0 Å². The summed E-state index contributed by atoms with van der Waals surface area (Å²) in [4.78, 5) is 12.7. The van der Waals surface area contributed by atoms with Crippen LogP contribution in [0.2, 0.25) is 10.0 Å². The Morgan fingerprint density at radius 3 is 2.33 bits per heavy atom. The van der Waals surface area contributed by atoms with Crippen molar-refractivity contribution in [2.24, 2.45) is 0 Å². The van der Waals surface area contributed by atoms with Gasteiger partial charge in [-0.05, 0) is 54.8 Å². The van der Waals surface area contributed by atoms with Crippen LogP contribution in [0.4, 0.5) is 5.69 Å². The van der Waals surface area contributed by atoms with Gasteiger partial charge in [0.15, 0.2) is 0 Å². The second-order valence-electron chi connectivity index (χ2n) is 7.20. The van der Waals surface area contributed by atoms with Crippen LogP contribution in [0.25, 0.3) is 0 Å². The highest BCUT2D eigenvalue weighted by Crippen LogP contribution is 2.35. The maximum atomic E-state index is 13.3. The number of ether oxygens (including phenoxy) is 1. The molecule has 174 valence electrons. The zero-order valence-electron chi connectivity index (χ0n) is 18.0. The first kappa shape index (κ1) is 24.9. The molecule has 6 nitrogen and oxygen atoms in total. The Kier molecular flexibility index (Phi) is 8.61. The number of sulfonamides is 1. The number of carbonyl (C=O) groups excluding carboxylic acids is 1. The molecule has 0 aromatic heterocycles. The van der Waals surface area contributed by atoms with E-state index in [0.717, 1.165) is 22.0 Å². The molecule has 1 N–H and O–H groups in total. The first-order valence-electron chi connectivity index (χ1n) is 10.2. The standard InChI is InChI=1S/C24H24Cl2N2O4S/c1-32-19-14-12-18(13-15-19)7-6-16-27-23(29)17-28(22-11-5-10-21(25)24(22)26)33(30,31)20-8-3-2-4-9-20/h2-5,8-15H,6-7,16-17H2,1H3,(H,27,29). The van der Waals surface area contributed by atoms with Gasteiger partial charge < -0.3 is 10.1 Å². The maximum Gasteiger partial charge on any atom is 0.264 e. The van der Waals surface area contributed by atoms with E-state index in [1.54, 1.807) is 37.4 Å². The summed E-state index contributed by atoms with van der Waals surface area (Å²) in [5.41, 5.74) is 1.26. The van der Waals surface area contributed by atoms with E-state index in [0.29, 0.717) is 13.0 Å². The Morgan fingerprint density at radius 2 is 1.67 bits per heavy atom. The highest BCUT2D eigenvalue weighted by molar-refractivity contribution is 7.92. The van der Waals surface area contributed by atoms with Crippen LogP contribution in [0.15, 0.2) is 77.7 Å². The average Bonchev–Trinajstić information content (AvgIpc) is 2.83. The van der Waals surface area contributed by atoms with Crippen molar-refractivity contribution < 1.29 is 17.9 Å². The topological polar surface area (TPSA) is 75.7 Å². The molecule has 0 bridgehead atoms. The third-order valence-electron chi connectivity index (χ3n) is 4.94. The smallest absolute Gasteiger partial charge is 0.264 e. The van der Waals surface area contributed by atoms with E-state index in [4.69, 9.17) is 27.9 Å². The number of nitrogens with zero attached hydrogens (tertiary/aromatic N) is 1. The molecule has 0 aliphatic carbocycles. The minimum absolute atomic E-state index is 0.0494. The molecular weight excluding hydrogens is 483 g/mol. The van der Waals surface area contributed by atoms with Crippen LogP contribution in [-0.4, -0.2) is 34.5 Å². The molecule has 3 rings (SSSR count). The number of hydrogen-bond acceptors (Lipinski definition) is 4. The number of amides is 1. The second-order valence-corrected chi connectivity index (χ2v) is 9.85. The molecule has 0 heterocycles. The van der Waals surface area contributed by atoms with Crippen LogP contribution in [0.1, 0.15) is 12.0 Å². The fraction of sp³-hybridized carbons (Fsp3) is 0.208. The van der Waals surface area contributed by atoms with Crippen molar-refractivity contribution in [1.29, 1.82) is 0 Å². The third kappa shape index (κ3) is 6.41. The third-order valence-corrected chi connectivity index (χ3v) is 7.52. The molecule has 0 atom stereocenters. The number of nitrogens with one attached hydrogen (secondary N) is 1. The van der Waals surface area contributed by atoms with E-state index in [2.05, 4.69) is 5.32 Å². The fourth-order valence-electron chi connectivity index (χ4n) is 3.20. The van der Waals surface area contributed by atoms with Crippen LogP contribution in [0.5, 0.6) is 5.75 Å². The molecular formula is C24H24Cl2N2O4S. The number of aryl methyl sites for hydroxylation is 1. The summed E-state index contributed by atoms with van der Waals surface area (Å²) in [6.07, 6.45) is 1.46. The van der Waals surface area contributed by atoms with E-state index in [1.807, 2.05) is 24.3 Å². The molecule has 0 saturated heterocycles. The quantitative estimate of drug-likeness (QED) is 0.394. The normalized spacial score (nSPS) is 11.1. The molecule has 0 aliphatic rings. The van der Waals surface area contributed by atoms with Gasteiger partial charge >= 0.3 is 0 Å². The molecule has 0 fully saturated rings. The van der Waals surface area contributed by atoms with Gasteiger partial charge in [0.25, 0.3) is 10.0 Å². The average molecular weight is 507 g/mol. The SMILES string of the molecule is COc1ccc(CCCNC(=O)CN(c2cccc(Cl)c2Cl)S(=O)(=O)c2ccccc2)cc1. The highest BCUT2D eigenvalue weighted by Gasteiger charge is 2.29. The van der Waals surface area contributed by atoms with E-state index < -0.39 is 22.5 Å². The molecule has 9 heteroatoms. The van der Waals surface area contributed by atoms with Crippen molar-refractivity contribution in [2.75, 3.05) is 24.5 Å². The zero-order chi connectivity index (χ0) is 23.8. The Labute approximate surface area is 204 Å². The van der Waals surface area contributed by atoms with Gasteiger partial charge in [0.1, 0.15) is 12.3 Å². The predicted molar refractivity (Wildman–Crippen MR) is 132 cm³/mol. The van der Waals surface area contributed by atoms with Gasteiger partial charge in [-0.1, -0.05) is 59.6 Å². The number of halogens is 2. The molecule has 0 radical (unpaired) electrons. The molecule has 1 amide bonds. The lowest BCUT2D eigenvalue weighted by Gasteiger charge is -2.25. The van der Waals surface area contributed by atoms with E-state index in [9.17, 15) is 13.2 Å². The molecule has 0 saturated carbocycles. The summed E-state index contributed by atoms with van der Waals surface area (Å²) in [5.74, 6) is 0.340. The summed E-state index contributed by atoms with van der Waals surface area (Å²) >= 11 is 12.4. The zero-order valence-corrected chi connectivity index (χ0v) is 20.3. The van der Waals surface area contributed by atoms with Crippen molar-refractivity contribution in [3.05, 3.63) is 88.4 Å². The van der Waals surface area contributed by atoms with Gasteiger partial charge in [0.2, 0.25) is 5.91 Å². The minimum atomic E-state index is -4.05. The van der Waals surface area contributed by atoms with Gasteiger partial charge in [0.05, 0.1) is 27.7 Å². The van der Waals surface area contributed by atoms with E-state index in [-0.39, 0.29) is 20.6 Å². The Bertz CT molecular complexity index is 1190. The van der Waals surface area contributed by atoms with Gasteiger partial charge in [-0.3, -0.25) is 9.10 Å². The van der Waals surface area contributed by atoms with Crippen molar-refractivity contribution in [2.45, 2.75) is 17.7 Å². The predicted octanol–water partition coefficient (Wildman–Crippen LogP) is 4.95.